The molecule has 0 aromatic rings. The quantitative estimate of drug-likeness (QED) is 0.584. The Balaban J connectivity index is 3.43. The highest BCUT2D eigenvalue weighted by Gasteiger charge is 1.93. The largest absolute Gasteiger partial charge is 0.295 e. The van der Waals surface area contributed by atoms with Gasteiger partial charge in [0, 0.05) is 5.25 Å². The Morgan fingerprint density at radius 2 is 2.30 bits per heavy atom. The lowest BCUT2D eigenvalue weighted by Gasteiger charge is -2.00. The number of rotatable bonds is 4. The molecule has 0 fully saturated rings. The number of carbonyl (C=O) groups is 1. The Morgan fingerprint density at radius 3 is 2.70 bits per heavy atom. The van der Waals surface area contributed by atoms with Gasteiger partial charge in [0.15, 0.2) is 5.78 Å². The second-order valence-corrected chi connectivity index (χ2v) is 3.57. The first kappa shape index (κ1) is 9.76. The highest BCUT2D eigenvalue weighted by molar-refractivity contribution is 7.99. The third-order valence-electron chi connectivity index (χ3n) is 1.22. The van der Waals surface area contributed by atoms with Crippen LogP contribution in [0.25, 0.3) is 0 Å². The van der Waals surface area contributed by atoms with Crippen molar-refractivity contribution in [2.24, 2.45) is 0 Å². The fraction of sp³-hybridized carbons (Fsp3) is 0.625. The van der Waals surface area contributed by atoms with Gasteiger partial charge in [0.1, 0.15) is 0 Å². The molecule has 0 heterocycles. The smallest absolute Gasteiger partial charge is 0.152 e. The first-order valence-electron chi connectivity index (χ1n) is 3.36. The molecule has 58 valence electrons. The van der Waals surface area contributed by atoms with Crippen LogP contribution >= 0.6 is 11.8 Å². The van der Waals surface area contributed by atoms with Crippen molar-refractivity contribution in [2.75, 3.05) is 6.26 Å². The van der Waals surface area contributed by atoms with E-state index in [0.29, 0.717) is 5.25 Å². The number of ketones is 1. The fourth-order valence-corrected chi connectivity index (χ4v) is 0.825. The maximum atomic E-state index is 10.4. The van der Waals surface area contributed by atoms with Gasteiger partial charge in [0.2, 0.25) is 0 Å². The molecule has 0 aromatic heterocycles. The monoisotopic (exact) mass is 158 g/mol. The van der Waals surface area contributed by atoms with Crippen LogP contribution in [-0.2, 0) is 4.79 Å². The van der Waals surface area contributed by atoms with Gasteiger partial charge in [-0.25, -0.2) is 0 Å². The standard InChI is InChI=1S/C8H14OS/c1-7(9)5-4-6-8(2)10-3/h4-5,8H,6H2,1-3H3/b5-4+/t8-/m1/s1. The van der Waals surface area contributed by atoms with Crippen molar-refractivity contribution in [3.05, 3.63) is 12.2 Å². The Labute approximate surface area is 66.9 Å². The lowest BCUT2D eigenvalue weighted by molar-refractivity contribution is -0.112. The van der Waals surface area contributed by atoms with Crippen molar-refractivity contribution in [1.82, 2.24) is 0 Å². The maximum absolute atomic E-state index is 10.4. The van der Waals surface area contributed by atoms with E-state index in [1.807, 2.05) is 17.8 Å². The third-order valence-corrected chi connectivity index (χ3v) is 2.22. The minimum absolute atomic E-state index is 0.133. The summed E-state index contributed by atoms with van der Waals surface area (Å²) in [6, 6.07) is 0. The van der Waals surface area contributed by atoms with E-state index in [9.17, 15) is 4.79 Å². The van der Waals surface area contributed by atoms with Crippen LogP contribution in [0.5, 0.6) is 0 Å². The molecule has 0 aliphatic heterocycles. The van der Waals surface area contributed by atoms with E-state index in [2.05, 4.69) is 13.2 Å². The van der Waals surface area contributed by atoms with Gasteiger partial charge in [0.25, 0.3) is 0 Å². The predicted octanol–water partition coefficient (Wildman–Crippen LogP) is 2.27. The van der Waals surface area contributed by atoms with Crippen LogP contribution in [0.3, 0.4) is 0 Å². The molecule has 0 spiro atoms. The first-order valence-corrected chi connectivity index (χ1v) is 4.65. The summed E-state index contributed by atoms with van der Waals surface area (Å²) < 4.78 is 0. The van der Waals surface area contributed by atoms with Gasteiger partial charge >= 0.3 is 0 Å². The molecule has 2 heteroatoms. The Kier molecular flexibility index (Phi) is 5.40. The molecule has 0 N–H and O–H groups in total. The minimum Gasteiger partial charge on any atom is -0.295 e. The van der Waals surface area contributed by atoms with Crippen molar-refractivity contribution in [3.63, 3.8) is 0 Å². The van der Waals surface area contributed by atoms with E-state index in [1.165, 1.54) is 0 Å². The SMILES string of the molecule is CS[C@H](C)C/C=C/C(C)=O. The van der Waals surface area contributed by atoms with Gasteiger partial charge in [-0.15, -0.1) is 0 Å². The molecular formula is C8H14OS. The van der Waals surface area contributed by atoms with Crippen LogP contribution in [0.15, 0.2) is 12.2 Å². The molecule has 0 aromatic carbocycles. The zero-order chi connectivity index (χ0) is 7.98. The van der Waals surface area contributed by atoms with Crippen molar-refractivity contribution in [3.8, 4) is 0 Å². The molecule has 0 aliphatic rings. The highest BCUT2D eigenvalue weighted by Crippen LogP contribution is 2.09. The average molecular weight is 158 g/mol. The van der Waals surface area contributed by atoms with Crippen molar-refractivity contribution < 1.29 is 4.79 Å². The Hall–Kier alpha value is -0.240. The van der Waals surface area contributed by atoms with Crippen LogP contribution in [0, 0.1) is 0 Å². The number of hydrogen-bond acceptors (Lipinski definition) is 2. The van der Waals surface area contributed by atoms with Gasteiger partial charge in [-0.3, -0.25) is 4.79 Å². The van der Waals surface area contributed by atoms with E-state index >= 15 is 0 Å². The lowest BCUT2D eigenvalue weighted by atomic mass is 10.3. The molecule has 0 radical (unpaired) electrons. The van der Waals surface area contributed by atoms with Crippen LogP contribution in [0.1, 0.15) is 20.3 Å². The number of allylic oxidation sites excluding steroid dienone is 2. The summed E-state index contributed by atoms with van der Waals surface area (Å²) in [4.78, 5) is 10.4. The first-order chi connectivity index (χ1) is 4.66. The normalized spacial score (nSPS) is 13.9. The Morgan fingerprint density at radius 1 is 1.70 bits per heavy atom. The minimum atomic E-state index is 0.133. The number of carbonyl (C=O) groups excluding carboxylic acids is 1. The number of thioether (sulfide) groups is 1. The molecular weight excluding hydrogens is 144 g/mol. The Bertz CT molecular complexity index is 129. The summed E-state index contributed by atoms with van der Waals surface area (Å²) in [5.41, 5.74) is 0. The molecule has 0 unspecified atom stereocenters. The molecule has 0 amide bonds. The maximum Gasteiger partial charge on any atom is 0.152 e. The van der Waals surface area contributed by atoms with E-state index in [4.69, 9.17) is 0 Å². The van der Waals surface area contributed by atoms with Crippen molar-refractivity contribution in [2.45, 2.75) is 25.5 Å². The second kappa shape index (κ2) is 5.54. The topological polar surface area (TPSA) is 17.1 Å². The second-order valence-electron chi connectivity index (χ2n) is 2.30. The summed E-state index contributed by atoms with van der Waals surface area (Å²) in [5, 5.41) is 0.621. The van der Waals surface area contributed by atoms with Crippen LogP contribution in [-0.4, -0.2) is 17.3 Å². The summed E-state index contributed by atoms with van der Waals surface area (Å²) in [6.07, 6.45) is 6.63. The lowest BCUT2D eigenvalue weighted by Crippen LogP contribution is -1.91. The fourth-order valence-electron chi connectivity index (χ4n) is 0.522. The molecule has 0 saturated carbocycles. The summed E-state index contributed by atoms with van der Waals surface area (Å²) in [7, 11) is 0. The van der Waals surface area contributed by atoms with Gasteiger partial charge in [-0.1, -0.05) is 13.0 Å². The average Bonchev–Trinajstić information content (AvgIpc) is 1.87. The molecule has 0 rings (SSSR count). The third kappa shape index (κ3) is 5.89. The predicted molar refractivity (Wildman–Crippen MR) is 47.4 cm³/mol. The summed E-state index contributed by atoms with van der Waals surface area (Å²) in [5.74, 6) is 0.133. The molecule has 1 atom stereocenters. The molecule has 10 heavy (non-hydrogen) atoms. The van der Waals surface area contributed by atoms with Crippen molar-refractivity contribution in [1.29, 1.82) is 0 Å². The van der Waals surface area contributed by atoms with Gasteiger partial charge in [-0.2, -0.15) is 11.8 Å². The van der Waals surface area contributed by atoms with E-state index in [0.717, 1.165) is 6.42 Å². The van der Waals surface area contributed by atoms with Gasteiger partial charge in [0.05, 0.1) is 0 Å². The van der Waals surface area contributed by atoms with E-state index in [1.54, 1.807) is 13.0 Å². The van der Waals surface area contributed by atoms with Crippen LogP contribution in [0.2, 0.25) is 0 Å². The summed E-state index contributed by atoms with van der Waals surface area (Å²) in [6.45, 7) is 3.72. The highest BCUT2D eigenvalue weighted by atomic mass is 32.2. The molecule has 0 aliphatic carbocycles. The number of hydrogen-bond donors (Lipinski definition) is 0. The van der Waals surface area contributed by atoms with E-state index < -0.39 is 0 Å². The zero-order valence-corrected chi connectivity index (χ0v) is 7.57. The van der Waals surface area contributed by atoms with E-state index in [-0.39, 0.29) is 5.78 Å². The zero-order valence-electron chi connectivity index (χ0n) is 6.76. The van der Waals surface area contributed by atoms with Crippen molar-refractivity contribution >= 4 is 17.5 Å². The van der Waals surface area contributed by atoms with Gasteiger partial charge in [-0.05, 0) is 25.7 Å². The molecule has 0 bridgehead atoms. The van der Waals surface area contributed by atoms with Crippen LogP contribution < -0.4 is 0 Å². The summed E-state index contributed by atoms with van der Waals surface area (Å²) >= 11 is 1.81. The molecule has 1 nitrogen and oxygen atoms in total. The van der Waals surface area contributed by atoms with Gasteiger partial charge < -0.3 is 0 Å². The van der Waals surface area contributed by atoms with Crippen LogP contribution in [0.4, 0.5) is 0 Å². The molecule has 0 saturated heterocycles.